The number of rotatable bonds is 6. The SMILES string of the molecule is CC(=O)NCC1CN(S(=O)(=O)c2ccc(F)cc2)c2cc(NC(=O)OC(C)C(F)(F)F)ccc2O1. The molecule has 2 unspecified atom stereocenters. The maximum absolute atomic E-state index is 13.4. The molecule has 0 radical (unpaired) electrons. The van der Waals surface area contributed by atoms with Crippen LogP contribution in [0, 0.1) is 5.82 Å². The normalized spacial score (nSPS) is 16.5. The number of anilines is 2. The lowest BCUT2D eigenvalue weighted by Gasteiger charge is -2.35. The maximum atomic E-state index is 13.4. The first-order valence-corrected chi connectivity index (χ1v) is 11.6. The van der Waals surface area contributed by atoms with Crippen molar-refractivity contribution in [3.8, 4) is 5.75 Å². The molecule has 0 spiro atoms. The Bertz CT molecular complexity index is 1200. The van der Waals surface area contributed by atoms with Gasteiger partial charge in [0.25, 0.3) is 10.0 Å². The first-order chi connectivity index (χ1) is 16.3. The van der Waals surface area contributed by atoms with Gasteiger partial charge in [-0.3, -0.25) is 14.4 Å². The van der Waals surface area contributed by atoms with E-state index in [4.69, 9.17) is 4.74 Å². The number of carbonyl (C=O) groups is 2. The zero-order chi connectivity index (χ0) is 26.0. The molecule has 35 heavy (non-hydrogen) atoms. The van der Waals surface area contributed by atoms with E-state index in [1.807, 2.05) is 0 Å². The largest absolute Gasteiger partial charge is 0.484 e. The van der Waals surface area contributed by atoms with Crippen LogP contribution in [0.2, 0.25) is 0 Å². The Morgan fingerprint density at radius 1 is 1.20 bits per heavy atom. The third-order valence-corrected chi connectivity index (χ3v) is 6.66. The van der Waals surface area contributed by atoms with Gasteiger partial charge in [0.2, 0.25) is 5.91 Å². The Balaban J connectivity index is 1.93. The van der Waals surface area contributed by atoms with Crippen molar-refractivity contribution in [1.29, 1.82) is 0 Å². The van der Waals surface area contributed by atoms with Crippen molar-refractivity contribution in [2.45, 2.75) is 37.1 Å². The van der Waals surface area contributed by atoms with Gasteiger partial charge < -0.3 is 14.8 Å². The van der Waals surface area contributed by atoms with Crippen LogP contribution in [-0.4, -0.2) is 51.9 Å². The molecule has 2 amide bonds. The molecule has 2 aromatic rings. The third-order valence-electron chi connectivity index (χ3n) is 4.86. The summed E-state index contributed by atoms with van der Waals surface area (Å²) in [6.07, 6.45) is -9.32. The number of hydrogen-bond donors (Lipinski definition) is 2. The summed E-state index contributed by atoms with van der Waals surface area (Å²) >= 11 is 0. The standard InChI is InChI=1S/C21H21F4N3O6S/c1-12(21(23,24)25)33-20(30)27-15-5-8-19-18(9-15)28(11-16(34-19)10-26-13(2)29)35(31,32)17-6-3-14(22)4-7-17/h3-9,12,16H,10-11H2,1-2H3,(H,26,29)(H,27,30). The highest BCUT2D eigenvalue weighted by atomic mass is 32.2. The number of fused-ring (bicyclic) bond motifs is 1. The monoisotopic (exact) mass is 519 g/mol. The lowest BCUT2D eigenvalue weighted by atomic mass is 10.2. The Hall–Kier alpha value is -3.55. The summed E-state index contributed by atoms with van der Waals surface area (Å²) in [5.74, 6) is -0.939. The minimum Gasteiger partial charge on any atom is -0.484 e. The molecule has 1 aliphatic rings. The quantitative estimate of drug-likeness (QED) is 0.566. The molecule has 3 rings (SSSR count). The van der Waals surface area contributed by atoms with E-state index in [0.29, 0.717) is 6.92 Å². The van der Waals surface area contributed by atoms with E-state index in [-0.39, 0.29) is 41.0 Å². The summed E-state index contributed by atoms with van der Waals surface area (Å²) in [7, 11) is -4.27. The van der Waals surface area contributed by atoms with Crippen molar-refractivity contribution in [3.05, 3.63) is 48.3 Å². The maximum Gasteiger partial charge on any atom is 0.425 e. The Labute approximate surface area is 198 Å². The molecular weight excluding hydrogens is 498 g/mol. The van der Waals surface area contributed by atoms with Crippen LogP contribution in [0.3, 0.4) is 0 Å². The van der Waals surface area contributed by atoms with Crippen LogP contribution in [0.5, 0.6) is 5.75 Å². The highest BCUT2D eigenvalue weighted by Crippen LogP contribution is 2.39. The van der Waals surface area contributed by atoms with E-state index in [9.17, 15) is 35.6 Å². The van der Waals surface area contributed by atoms with Crippen LogP contribution >= 0.6 is 0 Å². The molecule has 0 aromatic heterocycles. The molecule has 14 heteroatoms. The number of ether oxygens (including phenoxy) is 2. The second-order valence-corrected chi connectivity index (χ2v) is 9.43. The summed E-state index contributed by atoms with van der Waals surface area (Å²) in [4.78, 5) is 23.0. The molecule has 0 bridgehead atoms. The molecule has 2 N–H and O–H groups in total. The minimum atomic E-state index is -4.76. The van der Waals surface area contributed by atoms with E-state index in [0.717, 1.165) is 28.6 Å². The Morgan fingerprint density at radius 3 is 2.46 bits per heavy atom. The van der Waals surface area contributed by atoms with Crippen LogP contribution < -0.4 is 19.7 Å². The highest BCUT2D eigenvalue weighted by Gasteiger charge is 2.39. The van der Waals surface area contributed by atoms with Gasteiger partial charge in [0.05, 0.1) is 23.7 Å². The summed E-state index contributed by atoms with van der Waals surface area (Å²) in [6.45, 7) is 1.66. The van der Waals surface area contributed by atoms with Gasteiger partial charge in [-0.05, 0) is 49.4 Å². The number of nitrogens with one attached hydrogen (secondary N) is 2. The first-order valence-electron chi connectivity index (χ1n) is 10.1. The average molecular weight is 519 g/mol. The fraction of sp³-hybridized carbons (Fsp3) is 0.333. The van der Waals surface area contributed by atoms with Gasteiger partial charge in [0.1, 0.15) is 17.7 Å². The van der Waals surface area contributed by atoms with Crippen molar-refractivity contribution >= 4 is 33.4 Å². The van der Waals surface area contributed by atoms with Gasteiger partial charge in [-0.2, -0.15) is 13.2 Å². The number of carbonyl (C=O) groups excluding carboxylic acids is 2. The van der Waals surface area contributed by atoms with E-state index >= 15 is 0 Å². The second-order valence-electron chi connectivity index (χ2n) is 7.56. The lowest BCUT2D eigenvalue weighted by Crippen LogP contribution is -2.48. The lowest BCUT2D eigenvalue weighted by molar-refractivity contribution is -0.196. The van der Waals surface area contributed by atoms with Crippen molar-refractivity contribution in [2.75, 3.05) is 22.7 Å². The first kappa shape index (κ1) is 26.1. The molecule has 190 valence electrons. The van der Waals surface area contributed by atoms with E-state index in [1.165, 1.54) is 25.1 Å². The Kier molecular flexibility index (Phi) is 7.43. The predicted molar refractivity (Wildman–Crippen MR) is 116 cm³/mol. The highest BCUT2D eigenvalue weighted by molar-refractivity contribution is 7.92. The number of benzene rings is 2. The number of hydrogen-bond acceptors (Lipinski definition) is 6. The van der Waals surface area contributed by atoms with Gasteiger partial charge in [-0.25, -0.2) is 17.6 Å². The summed E-state index contributed by atoms with van der Waals surface area (Å²) in [5, 5.41) is 4.65. The van der Waals surface area contributed by atoms with Gasteiger partial charge in [0.15, 0.2) is 6.10 Å². The number of nitrogens with zero attached hydrogens (tertiary/aromatic N) is 1. The van der Waals surface area contributed by atoms with Gasteiger partial charge in [-0.15, -0.1) is 0 Å². The summed E-state index contributed by atoms with van der Waals surface area (Å²) in [5.41, 5.74) is -0.0959. The van der Waals surface area contributed by atoms with Crippen LogP contribution in [0.25, 0.3) is 0 Å². The minimum absolute atomic E-state index is 0.0220. The zero-order valence-electron chi connectivity index (χ0n) is 18.4. The van der Waals surface area contributed by atoms with Crippen LogP contribution in [-0.2, 0) is 19.6 Å². The molecule has 1 aliphatic heterocycles. The van der Waals surface area contributed by atoms with Gasteiger partial charge in [0, 0.05) is 12.6 Å². The molecule has 0 saturated heterocycles. The van der Waals surface area contributed by atoms with Crippen molar-refractivity contribution in [2.24, 2.45) is 0 Å². The molecule has 0 fully saturated rings. The number of amides is 2. The van der Waals surface area contributed by atoms with Crippen molar-refractivity contribution in [3.63, 3.8) is 0 Å². The van der Waals surface area contributed by atoms with Crippen LogP contribution in [0.4, 0.5) is 33.7 Å². The molecule has 9 nitrogen and oxygen atoms in total. The molecule has 2 aromatic carbocycles. The summed E-state index contributed by atoms with van der Waals surface area (Å²) < 4.78 is 89.0. The van der Waals surface area contributed by atoms with Crippen molar-refractivity contribution < 1.29 is 45.0 Å². The van der Waals surface area contributed by atoms with E-state index in [2.05, 4.69) is 15.4 Å². The average Bonchev–Trinajstić information content (AvgIpc) is 2.76. The number of sulfonamides is 1. The van der Waals surface area contributed by atoms with Crippen LogP contribution in [0.1, 0.15) is 13.8 Å². The summed E-state index contributed by atoms with van der Waals surface area (Å²) in [6, 6.07) is 7.86. The molecular formula is C21H21F4N3O6S. The fourth-order valence-electron chi connectivity index (χ4n) is 3.09. The fourth-order valence-corrected chi connectivity index (χ4v) is 4.59. The smallest absolute Gasteiger partial charge is 0.425 e. The molecule has 2 atom stereocenters. The molecule has 0 saturated carbocycles. The topological polar surface area (TPSA) is 114 Å². The Morgan fingerprint density at radius 2 is 1.86 bits per heavy atom. The molecule has 0 aliphatic carbocycles. The third kappa shape index (κ3) is 6.32. The van der Waals surface area contributed by atoms with Gasteiger partial charge >= 0.3 is 12.3 Å². The van der Waals surface area contributed by atoms with Crippen LogP contribution in [0.15, 0.2) is 47.4 Å². The number of halogens is 4. The molecule has 1 heterocycles. The van der Waals surface area contributed by atoms with Gasteiger partial charge in [-0.1, -0.05) is 0 Å². The van der Waals surface area contributed by atoms with E-state index in [1.54, 1.807) is 0 Å². The second kappa shape index (κ2) is 9.98. The predicted octanol–water partition coefficient (Wildman–Crippen LogP) is 3.42. The van der Waals surface area contributed by atoms with Crippen molar-refractivity contribution in [1.82, 2.24) is 5.32 Å². The zero-order valence-corrected chi connectivity index (χ0v) is 19.2. The number of alkyl halides is 3. The van der Waals surface area contributed by atoms with E-state index < -0.39 is 40.3 Å².